The van der Waals surface area contributed by atoms with Crippen LogP contribution >= 0.6 is 0 Å². The quantitative estimate of drug-likeness (QED) is 0.220. The molecule has 2 aromatic heterocycles. The molecular formula is C40H25N3. The van der Waals surface area contributed by atoms with Gasteiger partial charge in [0.1, 0.15) is 0 Å². The zero-order valence-corrected chi connectivity index (χ0v) is 23.3. The minimum Gasteiger partial charge on any atom is -0.309 e. The molecule has 0 aliphatic rings. The van der Waals surface area contributed by atoms with Crippen molar-refractivity contribution in [1.29, 1.82) is 0 Å². The number of nitrogens with zero attached hydrogens (tertiary/aromatic N) is 3. The summed E-state index contributed by atoms with van der Waals surface area (Å²) in [5, 5.41) is 8.53. The van der Waals surface area contributed by atoms with Crippen LogP contribution in [0.5, 0.6) is 0 Å². The molecular weight excluding hydrogens is 522 g/mol. The van der Waals surface area contributed by atoms with Crippen LogP contribution < -0.4 is 0 Å². The highest BCUT2D eigenvalue weighted by atomic mass is 15.0. The van der Waals surface area contributed by atoms with Gasteiger partial charge in [-0.3, -0.25) is 0 Å². The van der Waals surface area contributed by atoms with E-state index in [4.69, 9.17) is 9.97 Å². The van der Waals surface area contributed by atoms with Crippen LogP contribution in [0, 0.1) is 0 Å². The maximum absolute atomic E-state index is 5.16. The normalized spacial score (nSPS) is 11.7. The molecule has 43 heavy (non-hydrogen) atoms. The van der Waals surface area contributed by atoms with Gasteiger partial charge < -0.3 is 4.57 Å². The molecule has 0 unspecified atom stereocenters. The Kier molecular flexibility index (Phi) is 5.20. The van der Waals surface area contributed by atoms with E-state index in [1.807, 2.05) is 24.3 Å². The number of hydrogen-bond donors (Lipinski definition) is 0. The van der Waals surface area contributed by atoms with Gasteiger partial charge in [-0.15, -0.1) is 0 Å². The Balaban J connectivity index is 1.41. The number of fused-ring (bicyclic) bond motifs is 8. The predicted octanol–water partition coefficient (Wildman–Crippen LogP) is 10.4. The molecule has 0 N–H and O–H groups in total. The van der Waals surface area contributed by atoms with Crippen LogP contribution in [0.3, 0.4) is 0 Å². The van der Waals surface area contributed by atoms with Gasteiger partial charge in [0, 0.05) is 38.4 Å². The van der Waals surface area contributed by atoms with Crippen LogP contribution in [0.4, 0.5) is 0 Å². The lowest BCUT2D eigenvalue weighted by Gasteiger charge is -2.14. The summed E-state index contributed by atoms with van der Waals surface area (Å²) in [4.78, 5) is 10.2. The van der Waals surface area contributed by atoms with E-state index in [2.05, 4.69) is 132 Å². The summed E-state index contributed by atoms with van der Waals surface area (Å²) in [6.07, 6.45) is 0. The third-order valence-corrected chi connectivity index (χ3v) is 8.56. The molecule has 0 bridgehead atoms. The van der Waals surface area contributed by atoms with Crippen molar-refractivity contribution in [3.05, 3.63) is 152 Å². The van der Waals surface area contributed by atoms with Gasteiger partial charge in [0.25, 0.3) is 0 Å². The third kappa shape index (κ3) is 3.68. The minimum absolute atomic E-state index is 0.731. The van der Waals surface area contributed by atoms with Crippen molar-refractivity contribution < 1.29 is 0 Å². The number of benzene rings is 7. The Labute approximate surface area is 248 Å². The summed E-state index contributed by atoms with van der Waals surface area (Å²) in [7, 11) is 0. The van der Waals surface area contributed by atoms with Crippen LogP contribution in [-0.4, -0.2) is 14.5 Å². The van der Waals surface area contributed by atoms with Gasteiger partial charge >= 0.3 is 0 Å². The van der Waals surface area contributed by atoms with Gasteiger partial charge in [0.05, 0.1) is 22.2 Å². The van der Waals surface area contributed by atoms with Crippen molar-refractivity contribution >= 4 is 54.3 Å². The Morgan fingerprint density at radius 2 is 1.09 bits per heavy atom. The van der Waals surface area contributed by atoms with Gasteiger partial charge in [0.2, 0.25) is 0 Å². The maximum atomic E-state index is 5.16. The van der Waals surface area contributed by atoms with Crippen molar-refractivity contribution in [1.82, 2.24) is 14.5 Å². The molecule has 0 radical (unpaired) electrons. The van der Waals surface area contributed by atoms with Gasteiger partial charge in [0.15, 0.2) is 5.82 Å². The molecule has 0 aliphatic carbocycles. The zero-order valence-electron chi connectivity index (χ0n) is 23.3. The Morgan fingerprint density at radius 3 is 1.88 bits per heavy atom. The molecule has 0 spiro atoms. The van der Waals surface area contributed by atoms with E-state index in [9.17, 15) is 0 Å². The van der Waals surface area contributed by atoms with Crippen molar-refractivity contribution in [2.75, 3.05) is 0 Å². The van der Waals surface area contributed by atoms with Gasteiger partial charge in [-0.25, -0.2) is 9.97 Å². The van der Waals surface area contributed by atoms with E-state index in [0.29, 0.717) is 0 Å². The molecule has 200 valence electrons. The third-order valence-electron chi connectivity index (χ3n) is 8.56. The largest absolute Gasteiger partial charge is 0.309 e. The maximum Gasteiger partial charge on any atom is 0.160 e. The molecule has 0 amide bonds. The van der Waals surface area contributed by atoms with E-state index in [1.165, 1.54) is 43.4 Å². The summed E-state index contributed by atoms with van der Waals surface area (Å²) in [5.41, 5.74) is 7.43. The molecule has 0 aliphatic heterocycles. The summed E-state index contributed by atoms with van der Waals surface area (Å²) in [6, 6.07) is 53.7. The molecule has 0 saturated heterocycles. The van der Waals surface area contributed by atoms with E-state index in [0.717, 1.165) is 39.2 Å². The predicted molar refractivity (Wildman–Crippen MR) is 180 cm³/mol. The van der Waals surface area contributed by atoms with E-state index in [-0.39, 0.29) is 0 Å². The molecule has 0 saturated carbocycles. The van der Waals surface area contributed by atoms with Crippen molar-refractivity contribution in [2.24, 2.45) is 0 Å². The molecule has 0 atom stereocenters. The Morgan fingerprint density at radius 1 is 0.442 bits per heavy atom. The van der Waals surface area contributed by atoms with Crippen LogP contribution in [-0.2, 0) is 0 Å². The van der Waals surface area contributed by atoms with Crippen molar-refractivity contribution in [3.63, 3.8) is 0 Å². The lowest BCUT2D eigenvalue weighted by Crippen LogP contribution is -1.98. The first-order chi connectivity index (χ1) is 21.3. The lowest BCUT2D eigenvalue weighted by atomic mass is 10.0. The minimum atomic E-state index is 0.731. The van der Waals surface area contributed by atoms with E-state index < -0.39 is 0 Å². The fourth-order valence-corrected chi connectivity index (χ4v) is 6.60. The summed E-state index contributed by atoms with van der Waals surface area (Å²) >= 11 is 0. The van der Waals surface area contributed by atoms with Gasteiger partial charge in [-0.1, -0.05) is 127 Å². The molecule has 9 aromatic rings. The fraction of sp³-hybridized carbons (Fsp3) is 0. The zero-order chi connectivity index (χ0) is 28.3. The average molecular weight is 548 g/mol. The second kappa shape index (κ2) is 9.37. The van der Waals surface area contributed by atoms with E-state index in [1.54, 1.807) is 0 Å². The van der Waals surface area contributed by atoms with Gasteiger partial charge in [-0.2, -0.15) is 0 Å². The Bertz CT molecular complexity index is 2490. The molecule has 3 nitrogen and oxygen atoms in total. The first-order valence-corrected chi connectivity index (χ1v) is 14.6. The smallest absolute Gasteiger partial charge is 0.160 e. The monoisotopic (exact) mass is 547 g/mol. The van der Waals surface area contributed by atoms with Crippen molar-refractivity contribution in [3.8, 4) is 28.3 Å². The SMILES string of the molecule is c1ccc(-c2nc(-c3ccccc3)c3cc(-n4c5ccc6ccccc6c5c5ccc6ccccc6c54)ccc3n2)cc1. The van der Waals surface area contributed by atoms with Crippen LogP contribution in [0.25, 0.3) is 82.6 Å². The highest BCUT2D eigenvalue weighted by Gasteiger charge is 2.19. The second-order valence-corrected chi connectivity index (χ2v) is 11.0. The average Bonchev–Trinajstić information content (AvgIpc) is 3.44. The number of rotatable bonds is 3. The van der Waals surface area contributed by atoms with Crippen LogP contribution in [0.2, 0.25) is 0 Å². The lowest BCUT2D eigenvalue weighted by molar-refractivity contribution is 1.18. The van der Waals surface area contributed by atoms with Gasteiger partial charge in [-0.05, 0) is 40.4 Å². The second-order valence-electron chi connectivity index (χ2n) is 11.0. The molecule has 2 heterocycles. The molecule has 3 heteroatoms. The first kappa shape index (κ1) is 23.9. The summed E-state index contributed by atoms with van der Waals surface area (Å²) in [6.45, 7) is 0. The first-order valence-electron chi connectivity index (χ1n) is 14.6. The van der Waals surface area contributed by atoms with E-state index >= 15 is 0 Å². The van der Waals surface area contributed by atoms with Crippen molar-refractivity contribution in [2.45, 2.75) is 0 Å². The topological polar surface area (TPSA) is 30.7 Å². The summed E-state index contributed by atoms with van der Waals surface area (Å²) in [5.74, 6) is 0.731. The highest BCUT2D eigenvalue weighted by molar-refractivity contribution is 6.26. The Hall–Kier alpha value is -5.80. The van der Waals surface area contributed by atoms with Crippen LogP contribution in [0.1, 0.15) is 0 Å². The number of aromatic nitrogens is 3. The summed E-state index contributed by atoms with van der Waals surface area (Å²) < 4.78 is 2.43. The standard InChI is InChI=1S/C40H25N3/c1-3-13-28(14-4-1)38-34-25-30(21-23-35(34)41-40(42-38)29-15-5-2-6-16-29)43-36-24-20-26-11-7-9-17-31(26)37(36)33-22-19-27-12-8-10-18-32(27)39(33)43/h1-25H. The number of hydrogen-bond acceptors (Lipinski definition) is 2. The molecule has 0 fully saturated rings. The molecule has 9 rings (SSSR count). The fourth-order valence-electron chi connectivity index (χ4n) is 6.60. The highest BCUT2D eigenvalue weighted by Crippen LogP contribution is 2.41. The molecule has 7 aromatic carbocycles. The van der Waals surface area contributed by atoms with Crippen LogP contribution in [0.15, 0.2) is 152 Å².